The molecule has 0 aromatic heterocycles. The Morgan fingerprint density at radius 3 is 2.53 bits per heavy atom. The van der Waals surface area contributed by atoms with E-state index in [0.717, 1.165) is 13.1 Å². The molecule has 1 aromatic rings. The number of hydrogen-bond acceptors (Lipinski definition) is 3. The number of hydrogen-bond donors (Lipinski definition) is 1. The van der Waals surface area contributed by atoms with E-state index in [2.05, 4.69) is 56.9 Å². The summed E-state index contributed by atoms with van der Waals surface area (Å²) in [6.45, 7) is 11.1. The van der Waals surface area contributed by atoms with Gasteiger partial charge in [-0.15, -0.1) is 0 Å². The van der Waals surface area contributed by atoms with Gasteiger partial charge in [0.15, 0.2) is 0 Å². The number of nitrogens with zero attached hydrogens (tertiary/aromatic N) is 1. The summed E-state index contributed by atoms with van der Waals surface area (Å²) in [5, 5.41) is 0. The maximum absolute atomic E-state index is 6.03. The van der Waals surface area contributed by atoms with Gasteiger partial charge in [-0.2, -0.15) is 0 Å². The third-order valence-electron chi connectivity index (χ3n) is 3.72. The number of morpholine rings is 1. The van der Waals surface area contributed by atoms with Crippen LogP contribution in [-0.4, -0.2) is 36.2 Å². The Labute approximate surface area is 116 Å². The molecule has 1 fully saturated rings. The zero-order valence-electron chi connectivity index (χ0n) is 12.5. The van der Waals surface area contributed by atoms with E-state index in [1.54, 1.807) is 0 Å². The molecule has 1 aliphatic rings. The standard InChI is InChI=1S/C16H26N2O/c1-12-5-7-14(8-6-12)15(9-17)18-10-13(2)19-16(3,4)11-18/h5-8,13,15H,9-11,17H2,1-4H3. The quantitative estimate of drug-likeness (QED) is 0.909. The smallest absolute Gasteiger partial charge is 0.0757 e. The summed E-state index contributed by atoms with van der Waals surface area (Å²) in [6, 6.07) is 8.99. The number of rotatable bonds is 3. The van der Waals surface area contributed by atoms with Gasteiger partial charge in [-0.25, -0.2) is 0 Å². The van der Waals surface area contributed by atoms with Crippen LogP contribution in [0.3, 0.4) is 0 Å². The lowest BCUT2D eigenvalue weighted by Crippen LogP contribution is -2.53. The zero-order valence-corrected chi connectivity index (χ0v) is 12.5. The third kappa shape index (κ3) is 3.56. The van der Waals surface area contributed by atoms with Crippen molar-refractivity contribution in [1.82, 2.24) is 4.90 Å². The molecule has 1 aromatic carbocycles. The van der Waals surface area contributed by atoms with Crippen molar-refractivity contribution in [2.24, 2.45) is 5.73 Å². The summed E-state index contributed by atoms with van der Waals surface area (Å²) in [7, 11) is 0. The van der Waals surface area contributed by atoms with E-state index in [1.165, 1.54) is 11.1 Å². The predicted molar refractivity (Wildman–Crippen MR) is 79.2 cm³/mol. The highest BCUT2D eigenvalue weighted by Crippen LogP contribution is 2.28. The van der Waals surface area contributed by atoms with Crippen LogP contribution < -0.4 is 5.73 Å². The number of ether oxygens (including phenoxy) is 1. The molecule has 1 heterocycles. The van der Waals surface area contributed by atoms with Crippen molar-refractivity contribution in [1.29, 1.82) is 0 Å². The zero-order chi connectivity index (χ0) is 14.0. The molecule has 2 atom stereocenters. The van der Waals surface area contributed by atoms with Crippen LogP contribution in [0.15, 0.2) is 24.3 Å². The lowest BCUT2D eigenvalue weighted by atomic mass is 9.98. The van der Waals surface area contributed by atoms with Gasteiger partial charge in [0.25, 0.3) is 0 Å². The molecule has 2 N–H and O–H groups in total. The number of benzene rings is 1. The maximum atomic E-state index is 6.03. The maximum Gasteiger partial charge on any atom is 0.0757 e. The Bertz CT molecular complexity index is 413. The van der Waals surface area contributed by atoms with E-state index in [4.69, 9.17) is 10.5 Å². The van der Waals surface area contributed by atoms with E-state index in [-0.39, 0.29) is 17.7 Å². The summed E-state index contributed by atoms with van der Waals surface area (Å²) >= 11 is 0. The first kappa shape index (κ1) is 14.5. The highest BCUT2D eigenvalue weighted by Gasteiger charge is 2.34. The minimum atomic E-state index is -0.101. The van der Waals surface area contributed by atoms with E-state index >= 15 is 0 Å². The second-order valence-corrected chi connectivity index (χ2v) is 6.28. The van der Waals surface area contributed by atoms with E-state index in [0.29, 0.717) is 6.54 Å². The van der Waals surface area contributed by atoms with Gasteiger partial charge in [0.2, 0.25) is 0 Å². The molecule has 2 unspecified atom stereocenters. The molecule has 0 bridgehead atoms. The number of nitrogens with two attached hydrogens (primary N) is 1. The molecule has 0 saturated carbocycles. The van der Waals surface area contributed by atoms with Crippen molar-refractivity contribution in [2.75, 3.05) is 19.6 Å². The normalized spacial score (nSPS) is 25.2. The minimum Gasteiger partial charge on any atom is -0.370 e. The largest absolute Gasteiger partial charge is 0.370 e. The summed E-state index contributed by atoms with van der Waals surface area (Å²) in [4.78, 5) is 2.46. The first-order valence-electron chi connectivity index (χ1n) is 7.10. The summed E-state index contributed by atoms with van der Waals surface area (Å²) in [5.41, 5.74) is 8.51. The fourth-order valence-electron chi connectivity index (χ4n) is 3.03. The highest BCUT2D eigenvalue weighted by molar-refractivity contribution is 5.24. The molecule has 0 spiro atoms. The summed E-state index contributed by atoms with van der Waals surface area (Å²) < 4.78 is 5.97. The van der Waals surface area contributed by atoms with E-state index in [1.807, 2.05) is 0 Å². The van der Waals surface area contributed by atoms with Gasteiger partial charge >= 0.3 is 0 Å². The Kier molecular flexibility index (Phi) is 4.29. The number of aryl methyl sites for hydroxylation is 1. The van der Waals surface area contributed by atoms with Crippen molar-refractivity contribution in [3.05, 3.63) is 35.4 Å². The van der Waals surface area contributed by atoms with Crippen molar-refractivity contribution in [2.45, 2.75) is 45.4 Å². The van der Waals surface area contributed by atoms with Crippen LogP contribution in [0.2, 0.25) is 0 Å². The van der Waals surface area contributed by atoms with Gasteiger partial charge in [-0.05, 0) is 33.3 Å². The monoisotopic (exact) mass is 262 g/mol. The Morgan fingerprint density at radius 1 is 1.37 bits per heavy atom. The Morgan fingerprint density at radius 2 is 2.00 bits per heavy atom. The summed E-state index contributed by atoms with van der Waals surface area (Å²) in [6.07, 6.45) is 0.253. The predicted octanol–water partition coefficient (Wildman–Crippen LogP) is 2.49. The van der Waals surface area contributed by atoms with Gasteiger partial charge in [-0.3, -0.25) is 4.90 Å². The third-order valence-corrected chi connectivity index (χ3v) is 3.72. The van der Waals surface area contributed by atoms with Crippen LogP contribution >= 0.6 is 0 Å². The highest BCUT2D eigenvalue weighted by atomic mass is 16.5. The van der Waals surface area contributed by atoms with E-state index in [9.17, 15) is 0 Å². The van der Waals surface area contributed by atoms with Gasteiger partial charge < -0.3 is 10.5 Å². The molecule has 2 rings (SSSR count). The van der Waals surface area contributed by atoms with Crippen LogP contribution in [0.4, 0.5) is 0 Å². The molecular weight excluding hydrogens is 236 g/mol. The van der Waals surface area contributed by atoms with Gasteiger partial charge in [0, 0.05) is 25.7 Å². The topological polar surface area (TPSA) is 38.5 Å². The lowest BCUT2D eigenvalue weighted by Gasteiger charge is -2.45. The van der Waals surface area contributed by atoms with Crippen LogP contribution in [0, 0.1) is 6.92 Å². The SMILES string of the molecule is Cc1ccc(C(CN)N2CC(C)OC(C)(C)C2)cc1. The molecule has 3 nitrogen and oxygen atoms in total. The molecule has 1 saturated heterocycles. The van der Waals surface area contributed by atoms with Crippen LogP contribution in [0.1, 0.15) is 37.9 Å². The average molecular weight is 262 g/mol. The van der Waals surface area contributed by atoms with Crippen LogP contribution in [-0.2, 0) is 4.74 Å². The first-order valence-corrected chi connectivity index (χ1v) is 7.10. The molecule has 1 aliphatic heterocycles. The molecule has 0 radical (unpaired) electrons. The second kappa shape index (κ2) is 5.61. The van der Waals surface area contributed by atoms with Crippen molar-refractivity contribution in [3.63, 3.8) is 0 Å². The lowest BCUT2D eigenvalue weighted by molar-refractivity contribution is -0.137. The Balaban J connectivity index is 2.19. The fraction of sp³-hybridized carbons (Fsp3) is 0.625. The summed E-state index contributed by atoms with van der Waals surface area (Å²) in [5.74, 6) is 0. The van der Waals surface area contributed by atoms with Crippen LogP contribution in [0.25, 0.3) is 0 Å². The minimum absolute atomic E-state index is 0.101. The molecule has 0 aliphatic carbocycles. The molecule has 19 heavy (non-hydrogen) atoms. The fourth-order valence-corrected chi connectivity index (χ4v) is 3.03. The van der Waals surface area contributed by atoms with E-state index < -0.39 is 0 Å². The van der Waals surface area contributed by atoms with Crippen molar-refractivity contribution in [3.8, 4) is 0 Å². The average Bonchev–Trinajstić information content (AvgIpc) is 2.30. The molecular formula is C16H26N2O. The van der Waals surface area contributed by atoms with Gasteiger partial charge in [-0.1, -0.05) is 29.8 Å². The Hall–Kier alpha value is -0.900. The van der Waals surface area contributed by atoms with Gasteiger partial charge in [0.05, 0.1) is 11.7 Å². The molecule has 3 heteroatoms. The molecule has 106 valence electrons. The van der Waals surface area contributed by atoms with Crippen molar-refractivity contribution < 1.29 is 4.74 Å². The first-order chi connectivity index (χ1) is 8.91. The molecule has 0 amide bonds. The second-order valence-electron chi connectivity index (χ2n) is 6.28. The van der Waals surface area contributed by atoms with Crippen LogP contribution in [0.5, 0.6) is 0 Å². The van der Waals surface area contributed by atoms with Gasteiger partial charge in [0.1, 0.15) is 0 Å². The van der Waals surface area contributed by atoms with Crippen molar-refractivity contribution >= 4 is 0 Å².